The minimum absolute atomic E-state index is 0.264. The number of hydrogen-bond acceptors (Lipinski definition) is 6. The summed E-state index contributed by atoms with van der Waals surface area (Å²) in [5.41, 5.74) is 4.05. The highest BCUT2D eigenvalue weighted by Gasteiger charge is 2.18. The normalized spacial score (nSPS) is 18.0. The van der Waals surface area contributed by atoms with E-state index in [1.807, 2.05) is 6.20 Å². The van der Waals surface area contributed by atoms with Crippen molar-refractivity contribution in [1.82, 2.24) is 30.8 Å². The Kier molecular flexibility index (Phi) is 4.97. The van der Waals surface area contributed by atoms with Gasteiger partial charge < -0.3 is 20.9 Å². The van der Waals surface area contributed by atoms with E-state index in [1.165, 1.54) is 11.8 Å². The van der Waals surface area contributed by atoms with Crippen LogP contribution in [0.4, 0.5) is 4.39 Å². The van der Waals surface area contributed by atoms with Gasteiger partial charge in [0.05, 0.1) is 22.4 Å². The molecule has 2 aliphatic heterocycles. The molecule has 6 nitrogen and oxygen atoms in total. The number of halogens is 1. The molecule has 1 fully saturated rings. The number of nitrogens with one attached hydrogen (secondary N) is 3. The van der Waals surface area contributed by atoms with Crippen LogP contribution in [0.15, 0.2) is 48.2 Å². The number of hydrogen-bond donors (Lipinski definition) is 3. The quantitative estimate of drug-likeness (QED) is 0.773. The highest BCUT2D eigenvalue weighted by atomic mass is 19.1. The molecule has 7 heteroatoms. The smallest absolute Gasteiger partial charge is 0.130 e. The second-order valence-electron chi connectivity index (χ2n) is 6.49. The summed E-state index contributed by atoms with van der Waals surface area (Å²) in [6.45, 7) is 5.25. The maximum atomic E-state index is 14.4. The predicted molar refractivity (Wildman–Crippen MR) is 99.6 cm³/mol. The highest BCUT2D eigenvalue weighted by Crippen LogP contribution is 2.19. The number of benzene rings is 1. The number of nitrogens with zero attached hydrogens (tertiary/aromatic N) is 3. The van der Waals surface area contributed by atoms with E-state index in [4.69, 9.17) is 0 Å². The van der Waals surface area contributed by atoms with Crippen LogP contribution < -0.4 is 16.0 Å². The molecule has 4 rings (SSSR count). The molecule has 1 aromatic heterocycles. The lowest BCUT2D eigenvalue weighted by Crippen LogP contribution is -2.34. The van der Waals surface area contributed by atoms with Crippen LogP contribution in [0.1, 0.15) is 12.0 Å². The first-order valence-electron chi connectivity index (χ1n) is 9.04. The van der Waals surface area contributed by atoms with Crippen LogP contribution in [0, 0.1) is 5.82 Å². The maximum Gasteiger partial charge on any atom is 0.130 e. The van der Waals surface area contributed by atoms with Gasteiger partial charge in [-0.2, -0.15) is 0 Å². The zero-order valence-electron chi connectivity index (χ0n) is 14.6. The molecule has 0 saturated carbocycles. The predicted octanol–water partition coefficient (Wildman–Crippen LogP) is 1.48. The van der Waals surface area contributed by atoms with E-state index in [0.29, 0.717) is 23.1 Å². The average molecular weight is 354 g/mol. The summed E-state index contributed by atoms with van der Waals surface area (Å²) in [6.07, 6.45) is 8.49. The minimum atomic E-state index is -0.264. The Morgan fingerprint density at radius 2 is 1.96 bits per heavy atom. The Bertz CT molecular complexity index is 839. The van der Waals surface area contributed by atoms with Gasteiger partial charge in [0.2, 0.25) is 0 Å². The van der Waals surface area contributed by atoms with E-state index in [2.05, 4.69) is 36.9 Å². The Labute approximate surface area is 152 Å². The van der Waals surface area contributed by atoms with Crippen molar-refractivity contribution >= 4 is 11.0 Å². The first-order chi connectivity index (χ1) is 12.8. The summed E-state index contributed by atoms with van der Waals surface area (Å²) >= 11 is 0. The molecule has 1 saturated heterocycles. The molecule has 0 atom stereocenters. The van der Waals surface area contributed by atoms with Crippen molar-refractivity contribution in [3.8, 4) is 0 Å². The van der Waals surface area contributed by atoms with Gasteiger partial charge in [-0.15, -0.1) is 0 Å². The van der Waals surface area contributed by atoms with E-state index < -0.39 is 0 Å². The average Bonchev–Trinajstić information content (AvgIpc) is 2.96. The van der Waals surface area contributed by atoms with Crippen molar-refractivity contribution in [1.29, 1.82) is 0 Å². The molecule has 2 aromatic rings. The summed E-state index contributed by atoms with van der Waals surface area (Å²) in [5, 5.41) is 10.1. The van der Waals surface area contributed by atoms with Gasteiger partial charge in [0, 0.05) is 62.9 Å². The van der Waals surface area contributed by atoms with E-state index in [0.717, 1.165) is 44.8 Å². The Balaban J connectivity index is 1.50. The van der Waals surface area contributed by atoms with Gasteiger partial charge in [0.1, 0.15) is 5.82 Å². The highest BCUT2D eigenvalue weighted by molar-refractivity contribution is 5.74. The lowest BCUT2D eigenvalue weighted by Gasteiger charge is -2.30. The second-order valence-corrected chi connectivity index (χ2v) is 6.49. The fourth-order valence-electron chi connectivity index (χ4n) is 3.38. The van der Waals surface area contributed by atoms with Crippen molar-refractivity contribution in [2.75, 3.05) is 32.7 Å². The van der Waals surface area contributed by atoms with E-state index in [1.54, 1.807) is 18.5 Å². The summed E-state index contributed by atoms with van der Waals surface area (Å²) in [4.78, 5) is 10.8. The summed E-state index contributed by atoms with van der Waals surface area (Å²) < 4.78 is 14.4. The van der Waals surface area contributed by atoms with Crippen LogP contribution in [0.5, 0.6) is 0 Å². The topological polar surface area (TPSA) is 65.1 Å². The van der Waals surface area contributed by atoms with Gasteiger partial charge in [-0.3, -0.25) is 9.97 Å². The van der Waals surface area contributed by atoms with Gasteiger partial charge in [0.25, 0.3) is 0 Å². The SMILES string of the molecule is Fc1cc2nccnc2cc1CNC1=CNCC=C1N1CCCNCC1. The zero-order chi connectivity index (χ0) is 17.8. The molecule has 0 aliphatic carbocycles. The fourth-order valence-corrected chi connectivity index (χ4v) is 3.38. The van der Waals surface area contributed by atoms with Crippen LogP contribution in [-0.2, 0) is 6.54 Å². The standard InChI is InChI=1S/C19H23FN6/c20-15-11-17-16(23-5-6-24-17)10-14(15)12-25-18-13-22-4-2-19(18)26-8-1-3-21-7-9-26/h2,5-6,10-11,13,21-22,25H,1,3-4,7-9,12H2. The fraction of sp³-hybridized carbons (Fsp3) is 0.368. The van der Waals surface area contributed by atoms with Gasteiger partial charge in [-0.25, -0.2) is 4.39 Å². The van der Waals surface area contributed by atoms with Crippen molar-refractivity contribution in [2.45, 2.75) is 13.0 Å². The Hall–Kier alpha value is -2.67. The first kappa shape index (κ1) is 16.8. The molecule has 0 bridgehead atoms. The molecule has 0 spiro atoms. The van der Waals surface area contributed by atoms with Crippen LogP contribution in [0.2, 0.25) is 0 Å². The van der Waals surface area contributed by atoms with Crippen molar-refractivity contribution in [2.24, 2.45) is 0 Å². The Morgan fingerprint density at radius 1 is 1.12 bits per heavy atom. The van der Waals surface area contributed by atoms with Crippen LogP contribution in [-0.4, -0.2) is 47.6 Å². The lowest BCUT2D eigenvalue weighted by molar-refractivity contribution is 0.365. The molecule has 26 heavy (non-hydrogen) atoms. The van der Waals surface area contributed by atoms with Crippen LogP contribution in [0.25, 0.3) is 11.0 Å². The largest absolute Gasteiger partial charge is 0.386 e. The first-order valence-corrected chi connectivity index (χ1v) is 9.04. The van der Waals surface area contributed by atoms with Crippen molar-refractivity contribution in [3.63, 3.8) is 0 Å². The maximum absolute atomic E-state index is 14.4. The van der Waals surface area contributed by atoms with E-state index in [-0.39, 0.29) is 5.82 Å². The molecule has 3 N–H and O–H groups in total. The summed E-state index contributed by atoms with van der Waals surface area (Å²) in [5.74, 6) is -0.264. The van der Waals surface area contributed by atoms with Gasteiger partial charge >= 0.3 is 0 Å². The molecule has 2 aliphatic rings. The van der Waals surface area contributed by atoms with Crippen molar-refractivity contribution in [3.05, 3.63) is 59.6 Å². The van der Waals surface area contributed by atoms with Crippen molar-refractivity contribution < 1.29 is 4.39 Å². The Morgan fingerprint density at radius 3 is 2.85 bits per heavy atom. The zero-order valence-corrected chi connectivity index (χ0v) is 14.6. The third-order valence-corrected chi connectivity index (χ3v) is 4.72. The van der Waals surface area contributed by atoms with E-state index in [9.17, 15) is 4.39 Å². The number of fused-ring (bicyclic) bond motifs is 1. The monoisotopic (exact) mass is 354 g/mol. The number of aromatic nitrogens is 2. The lowest BCUT2D eigenvalue weighted by atomic mass is 10.1. The molecular weight excluding hydrogens is 331 g/mol. The van der Waals surface area contributed by atoms with Gasteiger partial charge in [0.15, 0.2) is 0 Å². The molecule has 1 aromatic carbocycles. The molecule has 0 radical (unpaired) electrons. The minimum Gasteiger partial charge on any atom is -0.386 e. The number of rotatable bonds is 4. The number of dihydropyridines is 1. The summed E-state index contributed by atoms with van der Waals surface area (Å²) in [6, 6.07) is 3.21. The summed E-state index contributed by atoms with van der Waals surface area (Å²) in [7, 11) is 0. The van der Waals surface area contributed by atoms with Crippen LogP contribution >= 0.6 is 0 Å². The molecule has 0 amide bonds. The van der Waals surface area contributed by atoms with Gasteiger partial charge in [-0.1, -0.05) is 0 Å². The van der Waals surface area contributed by atoms with E-state index >= 15 is 0 Å². The molecule has 3 heterocycles. The third kappa shape index (κ3) is 3.62. The van der Waals surface area contributed by atoms with Crippen LogP contribution in [0.3, 0.4) is 0 Å². The van der Waals surface area contributed by atoms with Gasteiger partial charge in [-0.05, 0) is 25.1 Å². The third-order valence-electron chi connectivity index (χ3n) is 4.72. The molecule has 0 unspecified atom stereocenters. The molecular formula is C19H23FN6. The second kappa shape index (κ2) is 7.70. The molecule has 136 valence electrons.